The molecule has 3 aromatic rings. The van der Waals surface area contributed by atoms with Crippen LogP contribution in [0.15, 0.2) is 53.7 Å². The molecule has 0 aliphatic rings. The zero-order valence-corrected chi connectivity index (χ0v) is 17.1. The van der Waals surface area contributed by atoms with Crippen molar-refractivity contribution in [3.63, 3.8) is 0 Å². The molecular weight excluding hydrogens is 390 g/mol. The fourth-order valence-electron chi connectivity index (χ4n) is 2.57. The van der Waals surface area contributed by atoms with Crippen molar-refractivity contribution in [1.29, 1.82) is 0 Å². The molecule has 29 heavy (non-hydrogen) atoms. The number of imide groups is 1. The minimum atomic E-state index is -0.547. The first-order valence-corrected chi connectivity index (χ1v) is 9.81. The van der Waals surface area contributed by atoms with E-state index < -0.39 is 11.9 Å². The molecule has 0 spiro atoms. The lowest BCUT2D eigenvalue weighted by atomic mass is 10.2. The minimum Gasteiger partial charge on any atom is -0.497 e. The highest BCUT2D eigenvalue weighted by molar-refractivity contribution is 7.99. The summed E-state index contributed by atoms with van der Waals surface area (Å²) >= 11 is 1.20. The number of aromatic nitrogens is 3. The van der Waals surface area contributed by atoms with Crippen molar-refractivity contribution in [3.8, 4) is 22.8 Å². The third-order valence-electron chi connectivity index (χ3n) is 4.09. The van der Waals surface area contributed by atoms with Crippen molar-refractivity contribution < 1.29 is 14.3 Å². The van der Waals surface area contributed by atoms with Crippen LogP contribution < -0.4 is 15.4 Å². The maximum absolute atomic E-state index is 12.0. The zero-order chi connectivity index (χ0) is 20.8. The van der Waals surface area contributed by atoms with Crippen molar-refractivity contribution in [2.24, 2.45) is 0 Å². The molecule has 0 aliphatic heterocycles. The van der Waals surface area contributed by atoms with Gasteiger partial charge in [0, 0.05) is 18.3 Å². The lowest BCUT2D eigenvalue weighted by Gasteiger charge is -2.11. The number of hydrogen-bond acceptors (Lipinski definition) is 6. The normalized spacial score (nSPS) is 10.4. The van der Waals surface area contributed by atoms with Crippen molar-refractivity contribution in [1.82, 2.24) is 25.4 Å². The van der Waals surface area contributed by atoms with Gasteiger partial charge in [-0.15, -0.1) is 10.2 Å². The van der Waals surface area contributed by atoms with Crippen LogP contribution >= 0.6 is 11.8 Å². The third kappa shape index (κ3) is 4.94. The predicted molar refractivity (Wildman–Crippen MR) is 111 cm³/mol. The van der Waals surface area contributed by atoms with Gasteiger partial charge in [-0.1, -0.05) is 29.5 Å². The summed E-state index contributed by atoms with van der Waals surface area (Å²) in [6.07, 6.45) is 0. The first-order valence-electron chi connectivity index (χ1n) is 8.83. The van der Waals surface area contributed by atoms with E-state index in [1.807, 2.05) is 60.0 Å². The SMILES string of the molecule is CNC(=O)NC(=O)CSc1nnc(-c2ccc(OC)cc2)n1-c1ccc(C)cc1. The van der Waals surface area contributed by atoms with Crippen LogP contribution in [-0.2, 0) is 4.79 Å². The van der Waals surface area contributed by atoms with Gasteiger partial charge in [-0.2, -0.15) is 0 Å². The fourth-order valence-corrected chi connectivity index (χ4v) is 3.32. The number of urea groups is 1. The van der Waals surface area contributed by atoms with Crippen LogP contribution in [0.1, 0.15) is 5.56 Å². The minimum absolute atomic E-state index is 0.0278. The Morgan fingerprint density at radius 1 is 1.07 bits per heavy atom. The molecule has 3 rings (SSSR count). The second-order valence-corrected chi connectivity index (χ2v) is 7.06. The number of thioether (sulfide) groups is 1. The van der Waals surface area contributed by atoms with Crippen LogP contribution in [0.25, 0.3) is 17.1 Å². The molecule has 1 aromatic heterocycles. The first kappa shape index (κ1) is 20.4. The summed E-state index contributed by atoms with van der Waals surface area (Å²) in [5, 5.41) is 13.7. The number of nitrogens with one attached hydrogen (secondary N) is 2. The summed E-state index contributed by atoms with van der Waals surface area (Å²) in [5.74, 6) is 1.00. The molecule has 9 heteroatoms. The van der Waals surface area contributed by atoms with Crippen LogP contribution in [0, 0.1) is 6.92 Å². The molecule has 0 aliphatic carbocycles. The van der Waals surface area contributed by atoms with Gasteiger partial charge in [0.2, 0.25) is 5.91 Å². The average molecular weight is 411 g/mol. The number of hydrogen-bond donors (Lipinski definition) is 2. The highest BCUT2D eigenvalue weighted by Crippen LogP contribution is 2.29. The van der Waals surface area contributed by atoms with Gasteiger partial charge in [-0.05, 0) is 43.3 Å². The predicted octanol–water partition coefficient (Wildman–Crippen LogP) is 2.80. The molecule has 0 unspecified atom stereocenters. The quantitative estimate of drug-likeness (QED) is 0.606. The van der Waals surface area contributed by atoms with Gasteiger partial charge in [0.15, 0.2) is 11.0 Å². The van der Waals surface area contributed by atoms with Crippen LogP contribution in [0.3, 0.4) is 0 Å². The van der Waals surface area contributed by atoms with Gasteiger partial charge in [-0.25, -0.2) is 4.79 Å². The van der Waals surface area contributed by atoms with Crippen LogP contribution in [0.5, 0.6) is 5.75 Å². The molecule has 0 saturated heterocycles. The van der Waals surface area contributed by atoms with Gasteiger partial charge < -0.3 is 10.1 Å². The standard InChI is InChI=1S/C20H21N5O3S/c1-13-4-8-15(9-5-13)25-18(14-6-10-16(28-3)11-7-14)23-24-20(25)29-12-17(26)22-19(27)21-2/h4-11H,12H2,1-3H3,(H2,21,22,26,27). The number of nitrogens with zero attached hydrogens (tertiary/aromatic N) is 3. The van der Waals surface area contributed by atoms with Gasteiger partial charge in [0.05, 0.1) is 12.9 Å². The summed E-state index contributed by atoms with van der Waals surface area (Å²) in [7, 11) is 3.06. The Bertz CT molecular complexity index is 1000. The van der Waals surface area contributed by atoms with Crippen molar-refractivity contribution in [2.75, 3.05) is 19.9 Å². The summed E-state index contributed by atoms with van der Waals surface area (Å²) in [6, 6.07) is 14.9. The largest absolute Gasteiger partial charge is 0.497 e. The van der Waals surface area contributed by atoms with E-state index in [9.17, 15) is 9.59 Å². The number of amides is 3. The van der Waals surface area contributed by atoms with E-state index in [0.29, 0.717) is 11.0 Å². The van der Waals surface area contributed by atoms with E-state index in [1.165, 1.54) is 18.8 Å². The number of methoxy groups -OCH3 is 1. The molecule has 0 saturated carbocycles. The van der Waals surface area contributed by atoms with Crippen LogP contribution in [0.4, 0.5) is 4.79 Å². The summed E-state index contributed by atoms with van der Waals surface area (Å²) in [5.41, 5.74) is 2.87. The maximum atomic E-state index is 12.0. The molecule has 0 bridgehead atoms. The number of ether oxygens (including phenoxy) is 1. The van der Waals surface area contributed by atoms with Gasteiger partial charge >= 0.3 is 6.03 Å². The van der Waals surface area contributed by atoms with Crippen LogP contribution in [0.2, 0.25) is 0 Å². The van der Waals surface area contributed by atoms with Gasteiger partial charge in [0.25, 0.3) is 0 Å². The van der Waals surface area contributed by atoms with E-state index in [1.54, 1.807) is 7.11 Å². The lowest BCUT2D eigenvalue weighted by Crippen LogP contribution is -2.38. The summed E-state index contributed by atoms with van der Waals surface area (Å²) < 4.78 is 7.11. The monoisotopic (exact) mass is 411 g/mol. The Balaban J connectivity index is 1.93. The summed E-state index contributed by atoms with van der Waals surface area (Å²) in [4.78, 5) is 23.3. The Hall–Kier alpha value is -3.33. The Kier molecular flexibility index (Phi) is 6.50. The Labute approximate surface area is 172 Å². The summed E-state index contributed by atoms with van der Waals surface area (Å²) in [6.45, 7) is 2.01. The lowest BCUT2D eigenvalue weighted by molar-refractivity contribution is -0.117. The number of aryl methyl sites for hydroxylation is 1. The van der Waals surface area contributed by atoms with Crippen LogP contribution in [-0.4, -0.2) is 46.6 Å². The van der Waals surface area contributed by atoms with Crippen molar-refractivity contribution >= 4 is 23.7 Å². The number of benzene rings is 2. The molecule has 0 fully saturated rings. The van der Waals surface area contributed by atoms with Gasteiger partial charge in [0.1, 0.15) is 5.75 Å². The highest BCUT2D eigenvalue weighted by Gasteiger charge is 2.18. The van der Waals surface area contributed by atoms with Crippen molar-refractivity contribution in [3.05, 3.63) is 54.1 Å². The molecule has 2 aromatic carbocycles. The molecule has 8 nitrogen and oxygen atoms in total. The van der Waals surface area contributed by atoms with E-state index in [4.69, 9.17) is 4.74 Å². The van der Waals surface area contributed by atoms with Gasteiger partial charge in [-0.3, -0.25) is 14.7 Å². The second-order valence-electron chi connectivity index (χ2n) is 6.12. The van der Waals surface area contributed by atoms with E-state index in [0.717, 1.165) is 22.6 Å². The average Bonchev–Trinajstić information content (AvgIpc) is 3.16. The van der Waals surface area contributed by atoms with E-state index in [2.05, 4.69) is 20.8 Å². The molecule has 1 heterocycles. The second kappa shape index (κ2) is 9.24. The molecule has 2 N–H and O–H groups in total. The molecular formula is C20H21N5O3S. The highest BCUT2D eigenvalue weighted by atomic mass is 32.2. The van der Waals surface area contributed by atoms with E-state index >= 15 is 0 Å². The Morgan fingerprint density at radius 3 is 2.38 bits per heavy atom. The topological polar surface area (TPSA) is 98.1 Å². The number of carbonyl (C=O) groups is 2. The Morgan fingerprint density at radius 2 is 1.76 bits per heavy atom. The molecule has 150 valence electrons. The zero-order valence-electron chi connectivity index (χ0n) is 16.3. The maximum Gasteiger partial charge on any atom is 0.321 e. The van der Waals surface area contributed by atoms with Crippen molar-refractivity contribution in [2.45, 2.75) is 12.1 Å². The first-order chi connectivity index (χ1) is 14.0. The number of rotatable bonds is 6. The third-order valence-corrected chi connectivity index (χ3v) is 5.02. The van der Waals surface area contributed by atoms with E-state index in [-0.39, 0.29) is 5.75 Å². The molecule has 0 radical (unpaired) electrons. The number of carbonyl (C=O) groups excluding carboxylic acids is 2. The molecule has 0 atom stereocenters. The smallest absolute Gasteiger partial charge is 0.321 e. The molecule has 3 amide bonds. The fraction of sp³-hybridized carbons (Fsp3) is 0.200.